The molecule has 1 aromatic heterocycles. The number of anilines is 1. The average molecular weight is 437 g/mol. The number of aromatic nitrogens is 2. The number of nitrogens with zero attached hydrogens (tertiary/aromatic N) is 2. The molecule has 25 heavy (non-hydrogen) atoms. The van der Waals surface area contributed by atoms with E-state index in [1.54, 1.807) is 6.07 Å². The third-order valence-electron chi connectivity index (χ3n) is 4.39. The molecule has 3 aromatic rings. The van der Waals surface area contributed by atoms with E-state index in [0.29, 0.717) is 10.0 Å². The molecule has 1 aliphatic rings. The van der Waals surface area contributed by atoms with Gasteiger partial charge in [-0.25, -0.2) is 4.68 Å². The van der Waals surface area contributed by atoms with Crippen molar-refractivity contribution in [2.75, 3.05) is 11.9 Å². The molecule has 0 amide bonds. The van der Waals surface area contributed by atoms with E-state index >= 15 is 0 Å². The molecule has 0 aliphatic carbocycles. The summed E-state index contributed by atoms with van der Waals surface area (Å²) in [5.41, 5.74) is 4.07. The van der Waals surface area contributed by atoms with Gasteiger partial charge >= 0.3 is 0 Å². The molecule has 1 N–H and O–H groups in total. The maximum atomic E-state index is 6.46. The number of fused-ring (bicyclic) bond motifs is 1. The van der Waals surface area contributed by atoms with Crippen LogP contribution in [0.3, 0.4) is 0 Å². The van der Waals surface area contributed by atoms with Crippen LogP contribution in [0.4, 0.5) is 5.82 Å². The Morgan fingerprint density at radius 2 is 1.84 bits per heavy atom. The minimum Gasteiger partial charge on any atom is -0.370 e. The van der Waals surface area contributed by atoms with Crippen LogP contribution in [-0.2, 0) is 6.42 Å². The molecular formula is C19H16BrCl2N3. The van der Waals surface area contributed by atoms with Crippen LogP contribution in [0, 0.1) is 0 Å². The molecule has 0 spiro atoms. The second kappa shape index (κ2) is 7.02. The molecule has 0 fully saturated rings. The summed E-state index contributed by atoms with van der Waals surface area (Å²) in [6.45, 7) is 0.947. The van der Waals surface area contributed by atoms with Crippen LogP contribution < -0.4 is 5.32 Å². The van der Waals surface area contributed by atoms with E-state index in [1.807, 2.05) is 28.9 Å². The monoisotopic (exact) mass is 435 g/mol. The van der Waals surface area contributed by atoms with Gasteiger partial charge in [-0.05, 0) is 61.7 Å². The van der Waals surface area contributed by atoms with Crippen molar-refractivity contribution in [2.45, 2.75) is 19.3 Å². The van der Waals surface area contributed by atoms with Gasteiger partial charge in [0.1, 0.15) is 5.82 Å². The van der Waals surface area contributed by atoms with E-state index in [9.17, 15) is 0 Å². The van der Waals surface area contributed by atoms with Gasteiger partial charge in [-0.3, -0.25) is 0 Å². The van der Waals surface area contributed by atoms with Crippen molar-refractivity contribution in [3.05, 3.63) is 62.5 Å². The molecule has 0 atom stereocenters. The van der Waals surface area contributed by atoms with Gasteiger partial charge in [0.15, 0.2) is 0 Å². The molecule has 128 valence electrons. The topological polar surface area (TPSA) is 29.9 Å². The van der Waals surface area contributed by atoms with E-state index < -0.39 is 0 Å². The van der Waals surface area contributed by atoms with Gasteiger partial charge in [-0.2, -0.15) is 5.10 Å². The molecular weight excluding hydrogens is 421 g/mol. The van der Waals surface area contributed by atoms with Crippen LogP contribution >= 0.6 is 39.1 Å². The Morgan fingerprint density at radius 3 is 2.60 bits per heavy atom. The molecule has 1 aliphatic heterocycles. The van der Waals surface area contributed by atoms with Crippen molar-refractivity contribution in [1.29, 1.82) is 0 Å². The summed E-state index contributed by atoms with van der Waals surface area (Å²) in [5.74, 6) is 1.06. The predicted octanol–water partition coefficient (Wildman–Crippen LogP) is 6.36. The minimum absolute atomic E-state index is 0.625. The summed E-state index contributed by atoms with van der Waals surface area (Å²) >= 11 is 16.0. The van der Waals surface area contributed by atoms with Crippen molar-refractivity contribution < 1.29 is 0 Å². The number of hydrogen-bond acceptors (Lipinski definition) is 2. The summed E-state index contributed by atoms with van der Waals surface area (Å²) in [7, 11) is 0. The summed E-state index contributed by atoms with van der Waals surface area (Å²) in [4.78, 5) is 0. The van der Waals surface area contributed by atoms with Crippen molar-refractivity contribution in [1.82, 2.24) is 9.78 Å². The number of benzene rings is 2. The molecule has 2 aromatic carbocycles. The first-order valence-corrected chi connectivity index (χ1v) is 9.75. The maximum absolute atomic E-state index is 6.46. The van der Waals surface area contributed by atoms with Gasteiger partial charge < -0.3 is 5.32 Å². The molecule has 6 heteroatoms. The van der Waals surface area contributed by atoms with Gasteiger partial charge in [0.2, 0.25) is 0 Å². The zero-order valence-corrected chi connectivity index (χ0v) is 16.5. The Bertz CT molecular complexity index is 919. The van der Waals surface area contributed by atoms with Gasteiger partial charge in [0, 0.05) is 27.2 Å². The van der Waals surface area contributed by atoms with E-state index in [0.717, 1.165) is 53.0 Å². The summed E-state index contributed by atoms with van der Waals surface area (Å²) in [5, 5.41) is 9.71. The first kappa shape index (κ1) is 17.0. The van der Waals surface area contributed by atoms with E-state index in [2.05, 4.69) is 33.4 Å². The summed E-state index contributed by atoms with van der Waals surface area (Å²) in [6.07, 6.45) is 3.25. The van der Waals surface area contributed by atoms with Gasteiger partial charge in [0.25, 0.3) is 0 Å². The largest absolute Gasteiger partial charge is 0.370 e. The third kappa shape index (κ3) is 3.31. The van der Waals surface area contributed by atoms with Crippen LogP contribution in [0.2, 0.25) is 10.0 Å². The molecule has 0 bridgehead atoms. The quantitative estimate of drug-likeness (QED) is 0.506. The van der Waals surface area contributed by atoms with E-state index in [4.69, 9.17) is 28.3 Å². The van der Waals surface area contributed by atoms with Crippen LogP contribution in [0.5, 0.6) is 0 Å². The van der Waals surface area contributed by atoms with Crippen molar-refractivity contribution in [3.8, 4) is 16.9 Å². The number of nitrogens with one attached hydrogen (secondary N) is 1. The first-order valence-electron chi connectivity index (χ1n) is 8.20. The third-order valence-corrected chi connectivity index (χ3v) is 5.46. The molecule has 3 nitrogen and oxygen atoms in total. The van der Waals surface area contributed by atoms with Crippen LogP contribution in [0.25, 0.3) is 16.9 Å². The van der Waals surface area contributed by atoms with Crippen molar-refractivity contribution >= 4 is 44.9 Å². The lowest BCUT2D eigenvalue weighted by molar-refractivity contribution is 0.780. The van der Waals surface area contributed by atoms with Crippen LogP contribution in [-0.4, -0.2) is 16.3 Å². The van der Waals surface area contributed by atoms with Gasteiger partial charge in [0.05, 0.1) is 16.4 Å². The second-order valence-electron chi connectivity index (χ2n) is 6.07. The van der Waals surface area contributed by atoms with E-state index in [1.165, 1.54) is 5.56 Å². The lowest BCUT2D eigenvalue weighted by atomic mass is 10.0. The SMILES string of the molecule is Clc1ccc(-c2nn(-c3ccc(Br)cc3)c3c2CCCCN3)c(Cl)c1. The molecule has 0 unspecified atom stereocenters. The molecule has 2 heterocycles. The highest BCUT2D eigenvalue weighted by Crippen LogP contribution is 2.37. The van der Waals surface area contributed by atoms with Crippen molar-refractivity contribution in [2.24, 2.45) is 0 Å². The fraction of sp³-hybridized carbons (Fsp3) is 0.211. The summed E-state index contributed by atoms with van der Waals surface area (Å²) < 4.78 is 3.02. The molecule has 0 saturated carbocycles. The molecule has 0 radical (unpaired) electrons. The maximum Gasteiger partial charge on any atom is 0.133 e. The highest BCUT2D eigenvalue weighted by molar-refractivity contribution is 9.10. The normalized spacial score (nSPS) is 13.9. The average Bonchev–Trinajstić information content (AvgIpc) is 2.78. The Labute approximate surface area is 165 Å². The number of rotatable bonds is 2. The molecule has 0 saturated heterocycles. The lowest BCUT2D eigenvalue weighted by Crippen LogP contribution is -2.07. The van der Waals surface area contributed by atoms with Gasteiger partial charge in [-0.15, -0.1) is 0 Å². The predicted molar refractivity (Wildman–Crippen MR) is 108 cm³/mol. The fourth-order valence-corrected chi connectivity index (χ4v) is 3.93. The van der Waals surface area contributed by atoms with Gasteiger partial charge in [-0.1, -0.05) is 39.1 Å². The Balaban J connectivity index is 1.91. The van der Waals surface area contributed by atoms with Crippen LogP contribution in [0.15, 0.2) is 46.9 Å². The molecule has 4 rings (SSSR count). The minimum atomic E-state index is 0.625. The zero-order valence-electron chi connectivity index (χ0n) is 13.4. The lowest BCUT2D eigenvalue weighted by Gasteiger charge is -2.09. The number of halogens is 3. The Hall–Kier alpha value is -1.49. The summed E-state index contributed by atoms with van der Waals surface area (Å²) in [6, 6.07) is 13.7. The fourth-order valence-electron chi connectivity index (χ4n) is 3.17. The van der Waals surface area contributed by atoms with Crippen LogP contribution in [0.1, 0.15) is 18.4 Å². The van der Waals surface area contributed by atoms with Crippen molar-refractivity contribution in [3.63, 3.8) is 0 Å². The highest BCUT2D eigenvalue weighted by atomic mass is 79.9. The second-order valence-corrected chi connectivity index (χ2v) is 7.83. The Morgan fingerprint density at radius 1 is 1.04 bits per heavy atom. The smallest absolute Gasteiger partial charge is 0.133 e. The zero-order chi connectivity index (χ0) is 17.4. The Kier molecular flexibility index (Phi) is 4.76. The number of hydrogen-bond donors (Lipinski definition) is 1. The first-order chi connectivity index (χ1) is 12.1. The highest BCUT2D eigenvalue weighted by Gasteiger charge is 2.23. The van der Waals surface area contributed by atoms with E-state index in [-0.39, 0.29) is 0 Å². The standard InChI is InChI=1S/C19H16BrCl2N3/c20-12-4-7-14(8-5-12)25-19-16(3-1-2-10-23-19)18(24-25)15-9-6-13(21)11-17(15)22/h4-9,11,23H,1-3,10H2.